The van der Waals surface area contributed by atoms with E-state index in [1.54, 1.807) is 0 Å². The molecule has 22 heavy (non-hydrogen) atoms. The smallest absolute Gasteiger partial charge is 0.236 e. The van der Waals surface area contributed by atoms with Crippen molar-refractivity contribution in [3.05, 3.63) is 39.9 Å². The van der Waals surface area contributed by atoms with Gasteiger partial charge in [-0.05, 0) is 36.5 Å². The van der Waals surface area contributed by atoms with Crippen LogP contribution in [0.4, 0.5) is 5.13 Å². The molecule has 1 aliphatic carbocycles. The number of hydrogen-bond donors (Lipinski definition) is 1. The van der Waals surface area contributed by atoms with Crippen LogP contribution in [0.3, 0.4) is 0 Å². The molecule has 1 N–H and O–H groups in total. The molecule has 116 valence electrons. The van der Waals surface area contributed by atoms with Gasteiger partial charge in [-0.25, -0.2) is 0 Å². The zero-order valence-corrected chi connectivity index (χ0v) is 14.2. The summed E-state index contributed by atoms with van der Waals surface area (Å²) in [4.78, 5) is 12.6. The second-order valence-corrected chi connectivity index (χ2v) is 7.64. The van der Waals surface area contributed by atoms with Crippen LogP contribution in [0.5, 0.6) is 0 Å². The molecule has 6 heteroatoms. The second-order valence-electron chi connectivity index (χ2n) is 6.14. The Hall–Kier alpha value is -1.46. The lowest BCUT2D eigenvalue weighted by atomic mass is 9.95. The van der Waals surface area contributed by atoms with Crippen LogP contribution in [0.2, 0.25) is 5.02 Å². The van der Waals surface area contributed by atoms with E-state index >= 15 is 0 Å². The molecule has 0 spiro atoms. The molecule has 1 fully saturated rings. The van der Waals surface area contributed by atoms with Gasteiger partial charge in [-0.3, -0.25) is 10.1 Å². The lowest BCUT2D eigenvalue weighted by molar-refractivity contribution is -0.118. The fourth-order valence-corrected chi connectivity index (χ4v) is 3.57. The highest BCUT2D eigenvalue weighted by Crippen LogP contribution is 2.49. The van der Waals surface area contributed by atoms with E-state index in [4.69, 9.17) is 11.6 Å². The van der Waals surface area contributed by atoms with Crippen molar-refractivity contribution >= 4 is 34.0 Å². The first-order chi connectivity index (χ1) is 10.5. The number of nitrogens with one attached hydrogen (secondary N) is 1. The SMILES string of the molecule is CC(C)Cc1nnc(NC(=O)C2(c3ccc(Cl)cc3)CC2)s1. The fraction of sp³-hybridized carbons (Fsp3) is 0.438. The number of halogens is 1. The summed E-state index contributed by atoms with van der Waals surface area (Å²) < 4.78 is 0. The summed E-state index contributed by atoms with van der Waals surface area (Å²) in [5.41, 5.74) is 0.593. The number of rotatable bonds is 5. The van der Waals surface area contributed by atoms with Crippen LogP contribution in [-0.4, -0.2) is 16.1 Å². The first-order valence-electron chi connectivity index (χ1n) is 7.39. The van der Waals surface area contributed by atoms with Crippen molar-refractivity contribution in [3.8, 4) is 0 Å². The maximum Gasteiger partial charge on any atom is 0.236 e. The molecule has 0 radical (unpaired) electrons. The first-order valence-corrected chi connectivity index (χ1v) is 8.59. The van der Waals surface area contributed by atoms with Crippen molar-refractivity contribution < 1.29 is 4.79 Å². The van der Waals surface area contributed by atoms with Crippen LogP contribution in [0, 0.1) is 5.92 Å². The molecule has 2 aromatic rings. The third kappa shape index (κ3) is 3.15. The number of carbonyl (C=O) groups excluding carboxylic acids is 1. The molecule has 1 aliphatic rings. The molecule has 1 amide bonds. The van der Waals surface area contributed by atoms with E-state index in [0.717, 1.165) is 29.8 Å². The summed E-state index contributed by atoms with van der Waals surface area (Å²) in [5.74, 6) is 0.530. The quantitative estimate of drug-likeness (QED) is 0.896. The van der Waals surface area contributed by atoms with Crippen molar-refractivity contribution in [3.63, 3.8) is 0 Å². The van der Waals surface area contributed by atoms with E-state index in [9.17, 15) is 4.79 Å². The van der Waals surface area contributed by atoms with Gasteiger partial charge in [0.1, 0.15) is 5.01 Å². The summed E-state index contributed by atoms with van der Waals surface area (Å²) in [6, 6.07) is 7.52. The largest absolute Gasteiger partial charge is 0.300 e. The third-order valence-corrected chi connectivity index (χ3v) is 4.96. The van der Waals surface area contributed by atoms with Gasteiger partial charge in [0.15, 0.2) is 0 Å². The van der Waals surface area contributed by atoms with Crippen LogP contribution >= 0.6 is 22.9 Å². The van der Waals surface area contributed by atoms with Gasteiger partial charge in [0.2, 0.25) is 11.0 Å². The Bertz CT molecular complexity index is 677. The Kier molecular flexibility index (Phi) is 4.19. The zero-order chi connectivity index (χ0) is 15.7. The minimum absolute atomic E-state index is 0.00192. The maximum absolute atomic E-state index is 12.6. The monoisotopic (exact) mass is 335 g/mol. The molecular formula is C16H18ClN3OS. The van der Waals surface area contributed by atoms with Crippen LogP contribution < -0.4 is 5.32 Å². The molecule has 0 bridgehead atoms. The van der Waals surface area contributed by atoms with Gasteiger partial charge < -0.3 is 0 Å². The van der Waals surface area contributed by atoms with Crippen molar-refractivity contribution in [1.29, 1.82) is 0 Å². The number of benzene rings is 1. The minimum Gasteiger partial charge on any atom is -0.300 e. The second kappa shape index (κ2) is 5.97. The van der Waals surface area contributed by atoms with E-state index in [1.807, 2.05) is 24.3 Å². The summed E-state index contributed by atoms with van der Waals surface area (Å²) in [6.07, 6.45) is 2.60. The van der Waals surface area contributed by atoms with E-state index in [0.29, 0.717) is 16.1 Å². The highest BCUT2D eigenvalue weighted by Gasteiger charge is 2.51. The van der Waals surface area contributed by atoms with Gasteiger partial charge in [-0.15, -0.1) is 10.2 Å². The van der Waals surface area contributed by atoms with Crippen molar-refractivity contribution in [2.24, 2.45) is 5.92 Å². The summed E-state index contributed by atoms with van der Waals surface area (Å²) in [6.45, 7) is 4.28. The predicted octanol–water partition coefficient (Wildman–Crippen LogP) is 4.06. The van der Waals surface area contributed by atoms with Gasteiger partial charge in [-0.2, -0.15) is 0 Å². The number of aromatic nitrogens is 2. The average molecular weight is 336 g/mol. The summed E-state index contributed by atoms with van der Waals surface area (Å²) in [7, 11) is 0. The number of nitrogens with zero attached hydrogens (tertiary/aromatic N) is 2. The molecule has 1 saturated carbocycles. The highest BCUT2D eigenvalue weighted by atomic mass is 35.5. The van der Waals surface area contributed by atoms with Crippen molar-refractivity contribution in [1.82, 2.24) is 10.2 Å². The molecule has 0 aliphatic heterocycles. The predicted molar refractivity (Wildman–Crippen MR) is 89.4 cm³/mol. The molecule has 1 aromatic heterocycles. The Balaban J connectivity index is 1.71. The summed E-state index contributed by atoms with van der Waals surface area (Å²) >= 11 is 7.37. The molecule has 1 aromatic carbocycles. The molecular weight excluding hydrogens is 318 g/mol. The van der Waals surface area contributed by atoms with Gasteiger partial charge in [0.05, 0.1) is 5.41 Å². The Labute approximate surface area is 138 Å². The topological polar surface area (TPSA) is 54.9 Å². The highest BCUT2D eigenvalue weighted by molar-refractivity contribution is 7.15. The maximum atomic E-state index is 12.6. The Morgan fingerprint density at radius 1 is 1.32 bits per heavy atom. The van der Waals surface area contributed by atoms with Crippen LogP contribution in [-0.2, 0) is 16.6 Å². The number of anilines is 1. The Morgan fingerprint density at radius 2 is 2.00 bits per heavy atom. The van der Waals surface area contributed by atoms with Gasteiger partial charge in [0, 0.05) is 11.4 Å². The first kappa shape index (κ1) is 15.4. The third-order valence-electron chi connectivity index (χ3n) is 3.85. The normalized spacial score (nSPS) is 15.8. The van der Waals surface area contributed by atoms with Crippen molar-refractivity contribution in [2.45, 2.75) is 38.5 Å². The van der Waals surface area contributed by atoms with Gasteiger partial charge in [0.25, 0.3) is 0 Å². The van der Waals surface area contributed by atoms with E-state index in [2.05, 4.69) is 29.4 Å². The van der Waals surface area contributed by atoms with E-state index < -0.39 is 5.41 Å². The number of carbonyl (C=O) groups is 1. The lowest BCUT2D eigenvalue weighted by Gasteiger charge is -2.14. The van der Waals surface area contributed by atoms with Crippen molar-refractivity contribution in [2.75, 3.05) is 5.32 Å². The number of hydrogen-bond acceptors (Lipinski definition) is 4. The molecule has 0 atom stereocenters. The van der Waals surface area contributed by atoms with Gasteiger partial charge >= 0.3 is 0 Å². The van der Waals surface area contributed by atoms with Crippen LogP contribution in [0.25, 0.3) is 0 Å². The van der Waals surface area contributed by atoms with Crippen LogP contribution in [0.1, 0.15) is 37.3 Å². The minimum atomic E-state index is -0.422. The zero-order valence-electron chi connectivity index (χ0n) is 12.6. The van der Waals surface area contributed by atoms with E-state index in [-0.39, 0.29) is 5.91 Å². The van der Waals surface area contributed by atoms with E-state index in [1.165, 1.54) is 11.3 Å². The molecule has 3 rings (SSSR count). The fourth-order valence-electron chi connectivity index (χ4n) is 2.49. The molecule has 0 saturated heterocycles. The standard InChI is InChI=1S/C16H18ClN3OS/c1-10(2)9-13-19-20-15(22-13)18-14(21)16(7-8-16)11-3-5-12(17)6-4-11/h3-6,10H,7-9H2,1-2H3,(H,18,20,21). The molecule has 0 unspecified atom stereocenters. The Morgan fingerprint density at radius 3 is 2.59 bits per heavy atom. The number of amides is 1. The lowest BCUT2D eigenvalue weighted by Crippen LogP contribution is -2.27. The van der Waals surface area contributed by atoms with Gasteiger partial charge in [-0.1, -0.05) is 48.9 Å². The molecule has 4 nitrogen and oxygen atoms in total. The van der Waals surface area contributed by atoms with Crippen LogP contribution in [0.15, 0.2) is 24.3 Å². The average Bonchev–Trinajstić information content (AvgIpc) is 3.17. The molecule has 1 heterocycles. The summed E-state index contributed by atoms with van der Waals surface area (Å²) in [5, 5.41) is 13.4.